The van der Waals surface area contributed by atoms with Gasteiger partial charge in [0.25, 0.3) is 5.91 Å². The van der Waals surface area contributed by atoms with Gasteiger partial charge in [0.2, 0.25) is 5.91 Å². The fraction of sp³-hybridized carbons (Fsp3) is 0.529. The molecular weight excluding hydrogens is 330 g/mol. The second-order valence-electron chi connectivity index (χ2n) is 6.11. The van der Waals surface area contributed by atoms with Crippen LogP contribution in [0.1, 0.15) is 18.4 Å². The number of nitrogens with one attached hydrogen (secondary N) is 2. The van der Waals surface area contributed by atoms with Gasteiger partial charge < -0.3 is 20.3 Å². The van der Waals surface area contributed by atoms with E-state index < -0.39 is 0 Å². The molecule has 24 heavy (non-hydrogen) atoms. The molecule has 1 atom stereocenters. The highest BCUT2D eigenvalue weighted by Crippen LogP contribution is 2.27. The highest BCUT2D eigenvalue weighted by molar-refractivity contribution is 5.94. The molecule has 1 aromatic rings. The number of likely N-dealkylation sites (N-methyl/N-ethyl adjacent to an activating group) is 1. The molecule has 0 bridgehead atoms. The van der Waals surface area contributed by atoms with Crippen LogP contribution < -0.4 is 15.4 Å². The first-order valence-electron chi connectivity index (χ1n) is 7.92. The van der Waals surface area contributed by atoms with Crippen molar-refractivity contribution in [1.82, 2.24) is 10.2 Å². The molecule has 1 aromatic carbocycles. The average molecular weight is 356 g/mol. The van der Waals surface area contributed by atoms with Crippen molar-refractivity contribution in [2.75, 3.05) is 39.1 Å². The molecule has 134 valence electrons. The summed E-state index contributed by atoms with van der Waals surface area (Å²) in [7, 11) is 3.36. The summed E-state index contributed by atoms with van der Waals surface area (Å²) in [5.74, 6) is 0.365. The first kappa shape index (κ1) is 20.3. The summed E-state index contributed by atoms with van der Waals surface area (Å²) in [6.07, 6.45) is 1.90. The summed E-state index contributed by atoms with van der Waals surface area (Å²) in [6.45, 7) is 3.56. The van der Waals surface area contributed by atoms with Gasteiger partial charge in [-0.1, -0.05) is 6.07 Å². The molecule has 0 spiro atoms. The summed E-state index contributed by atoms with van der Waals surface area (Å²) in [5.41, 5.74) is 1.62. The van der Waals surface area contributed by atoms with Gasteiger partial charge in [-0.2, -0.15) is 0 Å². The molecular formula is C17H26ClN3O3. The van der Waals surface area contributed by atoms with Crippen LogP contribution in [-0.2, 0) is 9.59 Å². The average Bonchev–Trinajstić information content (AvgIpc) is 2.55. The van der Waals surface area contributed by atoms with Crippen LogP contribution in [0.25, 0.3) is 0 Å². The number of ether oxygens (including phenoxy) is 1. The lowest BCUT2D eigenvalue weighted by molar-refractivity contribution is -0.130. The number of anilines is 1. The minimum Gasteiger partial charge on any atom is -0.482 e. The second-order valence-corrected chi connectivity index (χ2v) is 6.11. The zero-order valence-electron chi connectivity index (χ0n) is 14.4. The fourth-order valence-corrected chi connectivity index (χ4v) is 2.43. The van der Waals surface area contributed by atoms with Crippen LogP contribution in [-0.4, -0.2) is 50.5 Å². The number of amides is 2. The summed E-state index contributed by atoms with van der Waals surface area (Å²) in [6, 6.07) is 5.56. The van der Waals surface area contributed by atoms with Gasteiger partial charge >= 0.3 is 0 Å². The Morgan fingerprint density at radius 2 is 2.12 bits per heavy atom. The van der Waals surface area contributed by atoms with E-state index in [1.165, 1.54) is 4.90 Å². The van der Waals surface area contributed by atoms with E-state index in [4.69, 9.17) is 4.74 Å². The Bertz CT molecular complexity index is 572. The molecule has 6 nitrogen and oxygen atoms in total. The minimum absolute atomic E-state index is 0. The zero-order chi connectivity index (χ0) is 16.8. The largest absolute Gasteiger partial charge is 0.482 e. The lowest BCUT2D eigenvalue weighted by Gasteiger charge is -2.22. The highest BCUT2D eigenvalue weighted by atomic mass is 35.5. The fourth-order valence-electron chi connectivity index (χ4n) is 2.43. The summed E-state index contributed by atoms with van der Waals surface area (Å²) in [5, 5.41) is 6.17. The summed E-state index contributed by atoms with van der Waals surface area (Å²) in [4.78, 5) is 25.5. The molecule has 2 rings (SSSR count). The SMILES string of the molecule is Cc1ccc(NC(=O)C2CCCNC2)c(OCC(=O)N(C)C)c1.Cl. The minimum atomic E-state index is -0.125. The molecule has 2 amide bonds. The first-order chi connectivity index (χ1) is 11.0. The predicted molar refractivity (Wildman–Crippen MR) is 96.8 cm³/mol. The molecule has 1 fully saturated rings. The van der Waals surface area contributed by atoms with Crippen molar-refractivity contribution in [2.24, 2.45) is 5.92 Å². The van der Waals surface area contributed by atoms with Crippen LogP contribution in [0, 0.1) is 12.8 Å². The highest BCUT2D eigenvalue weighted by Gasteiger charge is 2.22. The Morgan fingerprint density at radius 1 is 1.38 bits per heavy atom. The smallest absolute Gasteiger partial charge is 0.259 e. The van der Waals surface area contributed by atoms with Crippen LogP contribution in [0.4, 0.5) is 5.69 Å². The van der Waals surface area contributed by atoms with Crippen LogP contribution in [0.5, 0.6) is 5.75 Å². The second kappa shape index (κ2) is 9.49. The van der Waals surface area contributed by atoms with Gasteiger partial charge in [0.1, 0.15) is 5.75 Å². The Morgan fingerprint density at radius 3 is 2.75 bits per heavy atom. The normalized spacial score (nSPS) is 16.7. The van der Waals surface area contributed by atoms with Crippen LogP contribution in [0.2, 0.25) is 0 Å². The standard InChI is InChI=1S/C17H25N3O3.ClH/c1-12-6-7-14(15(9-12)23-11-16(21)20(2)3)19-17(22)13-5-4-8-18-10-13;/h6-7,9,13,18H,4-5,8,10-11H2,1-3H3,(H,19,22);1H. The lowest BCUT2D eigenvalue weighted by atomic mass is 9.98. The van der Waals surface area contributed by atoms with Crippen molar-refractivity contribution < 1.29 is 14.3 Å². The van der Waals surface area contributed by atoms with E-state index in [9.17, 15) is 9.59 Å². The molecule has 1 heterocycles. The molecule has 1 unspecified atom stereocenters. The number of nitrogens with zero attached hydrogens (tertiary/aromatic N) is 1. The number of carbonyl (C=O) groups excluding carboxylic acids is 2. The molecule has 7 heteroatoms. The number of halogens is 1. The Kier molecular flexibility index (Phi) is 8.01. The van der Waals surface area contributed by atoms with E-state index in [0.717, 1.165) is 24.9 Å². The third-order valence-corrected chi connectivity index (χ3v) is 3.91. The number of rotatable bonds is 5. The van der Waals surface area contributed by atoms with Crippen molar-refractivity contribution in [1.29, 1.82) is 0 Å². The van der Waals surface area contributed by atoms with E-state index in [1.54, 1.807) is 14.1 Å². The third-order valence-electron chi connectivity index (χ3n) is 3.91. The Hall–Kier alpha value is -1.79. The Balaban J connectivity index is 0.00000288. The zero-order valence-corrected chi connectivity index (χ0v) is 15.2. The number of benzene rings is 1. The molecule has 0 aliphatic carbocycles. The van der Waals surface area contributed by atoms with Gasteiger partial charge in [0.05, 0.1) is 11.6 Å². The van der Waals surface area contributed by atoms with Crippen LogP contribution >= 0.6 is 12.4 Å². The van der Waals surface area contributed by atoms with Gasteiger partial charge in [-0.15, -0.1) is 12.4 Å². The maximum atomic E-state index is 12.4. The van der Waals surface area contributed by atoms with Crippen molar-refractivity contribution in [2.45, 2.75) is 19.8 Å². The van der Waals surface area contributed by atoms with Crippen molar-refractivity contribution in [3.05, 3.63) is 23.8 Å². The molecule has 2 N–H and O–H groups in total. The van der Waals surface area contributed by atoms with Gasteiger partial charge in [-0.05, 0) is 44.0 Å². The molecule has 0 saturated carbocycles. The number of hydrogen-bond donors (Lipinski definition) is 2. The molecule has 1 aliphatic rings. The lowest BCUT2D eigenvalue weighted by Crippen LogP contribution is -2.37. The van der Waals surface area contributed by atoms with Gasteiger partial charge in [0.15, 0.2) is 6.61 Å². The molecule has 1 aliphatic heterocycles. The van der Waals surface area contributed by atoms with Gasteiger partial charge in [-0.25, -0.2) is 0 Å². The van der Waals surface area contributed by atoms with E-state index >= 15 is 0 Å². The first-order valence-corrected chi connectivity index (χ1v) is 7.92. The molecule has 0 radical (unpaired) electrons. The third kappa shape index (κ3) is 5.69. The maximum Gasteiger partial charge on any atom is 0.259 e. The van der Waals surface area contributed by atoms with Crippen LogP contribution in [0.3, 0.4) is 0 Å². The number of piperidine rings is 1. The van der Waals surface area contributed by atoms with Gasteiger partial charge in [-0.3, -0.25) is 9.59 Å². The quantitative estimate of drug-likeness (QED) is 0.845. The Labute approximate surface area is 149 Å². The monoisotopic (exact) mass is 355 g/mol. The summed E-state index contributed by atoms with van der Waals surface area (Å²) < 4.78 is 5.61. The van der Waals surface area contributed by atoms with E-state index in [2.05, 4.69) is 10.6 Å². The molecule has 0 aromatic heterocycles. The van der Waals surface area contributed by atoms with E-state index in [-0.39, 0.29) is 36.7 Å². The molecule has 1 saturated heterocycles. The number of hydrogen-bond acceptors (Lipinski definition) is 4. The number of carbonyl (C=O) groups is 2. The maximum absolute atomic E-state index is 12.4. The van der Waals surface area contributed by atoms with E-state index in [0.29, 0.717) is 18.0 Å². The van der Waals surface area contributed by atoms with E-state index in [1.807, 2.05) is 25.1 Å². The van der Waals surface area contributed by atoms with Crippen LogP contribution in [0.15, 0.2) is 18.2 Å². The van der Waals surface area contributed by atoms with Gasteiger partial charge in [0, 0.05) is 20.6 Å². The number of aryl methyl sites for hydroxylation is 1. The van der Waals surface area contributed by atoms with Crippen molar-refractivity contribution in [3.63, 3.8) is 0 Å². The topological polar surface area (TPSA) is 70.7 Å². The predicted octanol–water partition coefficient (Wildman–Crippen LogP) is 1.82. The summed E-state index contributed by atoms with van der Waals surface area (Å²) >= 11 is 0. The van der Waals surface area contributed by atoms with Crippen molar-refractivity contribution in [3.8, 4) is 5.75 Å². The van der Waals surface area contributed by atoms with Crippen molar-refractivity contribution >= 4 is 29.9 Å².